The van der Waals surface area contributed by atoms with Gasteiger partial charge in [0.25, 0.3) is 5.91 Å². The number of aryl methyl sites for hydroxylation is 1. The molecule has 0 aliphatic carbocycles. The maximum atomic E-state index is 12.6. The molecule has 1 aliphatic rings. The number of likely N-dealkylation sites (tertiary alicyclic amines) is 1. The van der Waals surface area contributed by atoms with Crippen LogP contribution in [0.1, 0.15) is 30.3 Å². The van der Waals surface area contributed by atoms with Gasteiger partial charge >= 0.3 is 0 Å². The Balaban J connectivity index is 2.10. The zero-order valence-electron chi connectivity index (χ0n) is 11.7. The van der Waals surface area contributed by atoms with Crippen LogP contribution in [0, 0.1) is 5.92 Å². The highest BCUT2D eigenvalue weighted by Gasteiger charge is 2.25. The van der Waals surface area contributed by atoms with E-state index in [0.29, 0.717) is 5.92 Å². The zero-order valence-corrected chi connectivity index (χ0v) is 13.2. The van der Waals surface area contributed by atoms with E-state index in [1.165, 1.54) is 6.42 Å². The summed E-state index contributed by atoms with van der Waals surface area (Å²) >= 11 is 3.45. The van der Waals surface area contributed by atoms with E-state index in [9.17, 15) is 4.79 Å². The van der Waals surface area contributed by atoms with E-state index in [-0.39, 0.29) is 5.91 Å². The van der Waals surface area contributed by atoms with Crippen LogP contribution in [0.3, 0.4) is 0 Å². The lowest BCUT2D eigenvalue weighted by Gasteiger charge is -2.32. The second-order valence-corrected chi connectivity index (χ2v) is 6.06. The molecule has 1 fully saturated rings. The first-order valence-electron chi connectivity index (χ1n) is 6.95. The quantitative estimate of drug-likeness (QED) is 0.921. The molecule has 1 aromatic heterocycles. The minimum absolute atomic E-state index is 0.161. The molecule has 1 aliphatic heterocycles. The van der Waals surface area contributed by atoms with Crippen LogP contribution in [0.5, 0.6) is 0 Å². The Morgan fingerprint density at radius 2 is 2.37 bits per heavy atom. The number of nitrogens with one attached hydrogen (secondary N) is 1. The third-order valence-electron chi connectivity index (χ3n) is 3.72. The second-order valence-electron chi connectivity index (χ2n) is 5.15. The van der Waals surface area contributed by atoms with Gasteiger partial charge in [0.05, 0.1) is 0 Å². The van der Waals surface area contributed by atoms with Crippen molar-refractivity contribution in [3.05, 3.63) is 22.4 Å². The third kappa shape index (κ3) is 3.39. The first kappa shape index (κ1) is 14.6. The van der Waals surface area contributed by atoms with Crippen LogP contribution in [-0.4, -0.2) is 42.1 Å². The molecule has 0 aromatic carbocycles. The Labute approximate surface area is 123 Å². The summed E-state index contributed by atoms with van der Waals surface area (Å²) in [6.07, 6.45) is 4.29. The van der Waals surface area contributed by atoms with Crippen molar-refractivity contribution < 1.29 is 4.79 Å². The summed E-state index contributed by atoms with van der Waals surface area (Å²) in [5.41, 5.74) is 0.791. The molecule has 0 radical (unpaired) electrons. The van der Waals surface area contributed by atoms with Crippen molar-refractivity contribution in [1.82, 2.24) is 14.8 Å². The molecule has 1 atom stereocenters. The van der Waals surface area contributed by atoms with Crippen molar-refractivity contribution >= 4 is 21.8 Å². The van der Waals surface area contributed by atoms with Crippen LogP contribution < -0.4 is 5.32 Å². The van der Waals surface area contributed by atoms with Crippen LogP contribution in [-0.2, 0) is 6.54 Å². The van der Waals surface area contributed by atoms with E-state index in [2.05, 4.69) is 28.2 Å². The molecule has 19 heavy (non-hydrogen) atoms. The molecule has 0 bridgehead atoms. The third-order valence-corrected chi connectivity index (χ3v) is 4.16. The fraction of sp³-hybridized carbons (Fsp3) is 0.643. The number of hydrogen-bond donors (Lipinski definition) is 1. The van der Waals surface area contributed by atoms with E-state index < -0.39 is 0 Å². The monoisotopic (exact) mass is 327 g/mol. The summed E-state index contributed by atoms with van der Waals surface area (Å²) in [6, 6.07) is 1.92. The van der Waals surface area contributed by atoms with E-state index in [0.717, 1.165) is 42.8 Å². The maximum absolute atomic E-state index is 12.6. The molecule has 0 spiro atoms. The van der Waals surface area contributed by atoms with Gasteiger partial charge in [0.1, 0.15) is 5.69 Å². The summed E-state index contributed by atoms with van der Waals surface area (Å²) < 4.78 is 2.98. The van der Waals surface area contributed by atoms with Gasteiger partial charge in [-0.05, 0) is 61.3 Å². The first-order chi connectivity index (χ1) is 9.15. The Bertz CT molecular complexity index is 442. The largest absolute Gasteiger partial charge is 0.343 e. The molecule has 5 heteroatoms. The van der Waals surface area contributed by atoms with Gasteiger partial charge in [0.2, 0.25) is 0 Å². The molecule has 1 aromatic rings. The average molecular weight is 328 g/mol. The van der Waals surface area contributed by atoms with E-state index in [4.69, 9.17) is 0 Å². The Morgan fingerprint density at radius 1 is 1.58 bits per heavy atom. The lowest BCUT2D eigenvalue weighted by atomic mass is 9.98. The molecule has 4 nitrogen and oxygen atoms in total. The van der Waals surface area contributed by atoms with Gasteiger partial charge in [-0.25, -0.2) is 0 Å². The minimum Gasteiger partial charge on any atom is -0.343 e. The fourth-order valence-electron chi connectivity index (χ4n) is 2.78. The predicted octanol–water partition coefficient (Wildman–Crippen LogP) is 2.34. The number of nitrogens with zero attached hydrogens (tertiary/aromatic N) is 2. The number of amides is 1. The summed E-state index contributed by atoms with van der Waals surface area (Å²) in [4.78, 5) is 14.6. The highest BCUT2D eigenvalue weighted by molar-refractivity contribution is 9.10. The molecule has 2 rings (SSSR count). The molecule has 1 amide bonds. The normalized spacial score (nSPS) is 19.7. The summed E-state index contributed by atoms with van der Waals surface area (Å²) in [5.74, 6) is 0.740. The number of hydrogen-bond acceptors (Lipinski definition) is 2. The predicted molar refractivity (Wildman–Crippen MR) is 80.4 cm³/mol. The van der Waals surface area contributed by atoms with E-state index in [1.54, 1.807) is 0 Å². The van der Waals surface area contributed by atoms with Gasteiger partial charge in [0.15, 0.2) is 0 Å². The number of rotatable bonds is 4. The fourth-order valence-corrected chi connectivity index (χ4v) is 3.25. The smallest absolute Gasteiger partial charge is 0.270 e. The van der Waals surface area contributed by atoms with Gasteiger partial charge in [-0.1, -0.05) is 0 Å². The number of piperidine rings is 1. The van der Waals surface area contributed by atoms with Crippen LogP contribution in [0.4, 0.5) is 0 Å². The van der Waals surface area contributed by atoms with E-state index >= 15 is 0 Å². The van der Waals surface area contributed by atoms with Gasteiger partial charge < -0.3 is 14.8 Å². The van der Waals surface area contributed by atoms with E-state index in [1.807, 2.05) is 28.8 Å². The van der Waals surface area contributed by atoms with Crippen LogP contribution in [0.15, 0.2) is 16.7 Å². The van der Waals surface area contributed by atoms with Crippen molar-refractivity contribution in [1.29, 1.82) is 0 Å². The zero-order chi connectivity index (χ0) is 13.8. The van der Waals surface area contributed by atoms with Gasteiger partial charge in [-0.15, -0.1) is 0 Å². The number of carbonyl (C=O) groups is 1. The first-order valence-corrected chi connectivity index (χ1v) is 7.74. The molecule has 1 N–H and O–H groups in total. The van der Waals surface area contributed by atoms with Crippen molar-refractivity contribution in [3.8, 4) is 0 Å². The Kier molecular flexibility index (Phi) is 5.05. The standard InChI is InChI=1S/C14H22BrN3O/c1-3-17-10-12(15)7-13(17)14(19)18-6-4-5-11(9-18)8-16-2/h7,10-11,16H,3-6,8-9H2,1-2H3. The van der Waals surface area contributed by atoms with Gasteiger partial charge in [-0.3, -0.25) is 4.79 Å². The van der Waals surface area contributed by atoms with Crippen LogP contribution in [0.2, 0.25) is 0 Å². The lowest BCUT2D eigenvalue weighted by Crippen LogP contribution is -2.43. The average Bonchev–Trinajstić information content (AvgIpc) is 2.80. The highest BCUT2D eigenvalue weighted by atomic mass is 79.9. The van der Waals surface area contributed by atoms with Crippen LogP contribution in [0.25, 0.3) is 0 Å². The number of aromatic nitrogens is 1. The minimum atomic E-state index is 0.161. The molecule has 2 heterocycles. The number of carbonyl (C=O) groups excluding carboxylic acids is 1. The lowest BCUT2D eigenvalue weighted by molar-refractivity contribution is 0.0663. The van der Waals surface area contributed by atoms with Crippen molar-refractivity contribution in [2.24, 2.45) is 5.92 Å². The number of halogens is 1. The second kappa shape index (κ2) is 6.57. The van der Waals surface area contributed by atoms with Crippen LogP contribution >= 0.6 is 15.9 Å². The Hall–Kier alpha value is -0.810. The van der Waals surface area contributed by atoms with Crippen molar-refractivity contribution in [3.63, 3.8) is 0 Å². The topological polar surface area (TPSA) is 37.3 Å². The molecular formula is C14H22BrN3O. The molecule has 0 saturated carbocycles. The van der Waals surface area contributed by atoms with Crippen molar-refractivity contribution in [2.45, 2.75) is 26.3 Å². The summed E-state index contributed by atoms with van der Waals surface area (Å²) in [6.45, 7) is 5.61. The summed E-state index contributed by atoms with van der Waals surface area (Å²) in [7, 11) is 1.97. The van der Waals surface area contributed by atoms with Crippen molar-refractivity contribution in [2.75, 3.05) is 26.7 Å². The van der Waals surface area contributed by atoms with Gasteiger partial charge in [-0.2, -0.15) is 0 Å². The maximum Gasteiger partial charge on any atom is 0.270 e. The SMILES string of the molecule is CCn1cc(Br)cc1C(=O)N1CCCC(CNC)C1. The highest BCUT2D eigenvalue weighted by Crippen LogP contribution is 2.21. The Morgan fingerprint density at radius 3 is 3.05 bits per heavy atom. The molecule has 1 unspecified atom stereocenters. The molecule has 106 valence electrons. The molecular weight excluding hydrogens is 306 g/mol. The molecule has 1 saturated heterocycles. The summed E-state index contributed by atoms with van der Waals surface area (Å²) in [5, 5.41) is 3.21. The van der Waals surface area contributed by atoms with Gasteiger partial charge in [0, 0.05) is 30.3 Å².